The first kappa shape index (κ1) is 17.1. The zero-order valence-corrected chi connectivity index (χ0v) is 13.9. The molecule has 23 heavy (non-hydrogen) atoms. The van der Waals surface area contributed by atoms with Gasteiger partial charge in [-0.25, -0.2) is 13.6 Å². The maximum atomic E-state index is 11.1. The van der Waals surface area contributed by atoms with Gasteiger partial charge in [-0.2, -0.15) is 5.10 Å². The Labute approximate surface area is 140 Å². The fourth-order valence-corrected chi connectivity index (χ4v) is 2.56. The van der Waals surface area contributed by atoms with Gasteiger partial charge in [0.15, 0.2) is 0 Å². The van der Waals surface area contributed by atoms with E-state index in [1.54, 1.807) is 12.1 Å². The van der Waals surface area contributed by atoms with E-state index < -0.39 is 14.9 Å². The number of hydrogen-bond donors (Lipinski definition) is 2. The molecule has 8 nitrogen and oxygen atoms in total. The van der Waals surface area contributed by atoms with Gasteiger partial charge in [0, 0.05) is 11.6 Å². The van der Waals surface area contributed by atoms with Crippen LogP contribution in [0.5, 0.6) is 0 Å². The summed E-state index contributed by atoms with van der Waals surface area (Å²) in [4.78, 5) is 10.3. The molecule has 0 atom stereocenters. The highest BCUT2D eigenvalue weighted by molar-refractivity contribution is 9.10. The standard InChI is InChI=1S/C13H11BrN4O4S/c14-12-6-1-9(7-13(12)18(19)20)8-16-17-10-2-4-11(5-3-10)23(15,21)22/h1-8,17H,(H2,15,21,22)/b16-8+. The van der Waals surface area contributed by atoms with Crippen LogP contribution in [0.15, 0.2) is 56.9 Å². The third-order valence-corrected chi connectivity index (χ3v) is 4.36. The van der Waals surface area contributed by atoms with Crippen LogP contribution in [0.1, 0.15) is 5.56 Å². The lowest BCUT2D eigenvalue weighted by atomic mass is 10.2. The fraction of sp³-hybridized carbons (Fsp3) is 0. The highest BCUT2D eigenvalue weighted by Crippen LogP contribution is 2.25. The SMILES string of the molecule is NS(=O)(=O)c1ccc(N/N=C/c2ccc(Br)c([N+](=O)[O-])c2)cc1. The van der Waals surface area contributed by atoms with E-state index in [9.17, 15) is 18.5 Å². The highest BCUT2D eigenvalue weighted by atomic mass is 79.9. The number of benzene rings is 2. The van der Waals surface area contributed by atoms with Crippen molar-refractivity contribution in [2.75, 3.05) is 5.43 Å². The van der Waals surface area contributed by atoms with Crippen molar-refractivity contribution in [3.05, 3.63) is 62.6 Å². The Hall–Kier alpha value is -2.30. The summed E-state index contributed by atoms with van der Waals surface area (Å²) >= 11 is 3.10. The van der Waals surface area contributed by atoms with Crippen molar-refractivity contribution in [1.82, 2.24) is 0 Å². The van der Waals surface area contributed by atoms with Gasteiger partial charge in [0.25, 0.3) is 5.69 Å². The Kier molecular flexibility index (Phi) is 5.08. The van der Waals surface area contributed by atoms with Gasteiger partial charge < -0.3 is 0 Å². The average Bonchev–Trinajstić information content (AvgIpc) is 2.48. The number of sulfonamides is 1. The third kappa shape index (κ3) is 4.58. The number of nitro benzene ring substituents is 1. The molecule has 0 heterocycles. The number of rotatable bonds is 5. The maximum absolute atomic E-state index is 11.1. The first-order valence-electron chi connectivity index (χ1n) is 6.13. The molecule has 120 valence electrons. The van der Waals surface area contributed by atoms with Crippen molar-refractivity contribution in [3.8, 4) is 0 Å². The van der Waals surface area contributed by atoms with E-state index in [2.05, 4.69) is 26.5 Å². The number of nitrogens with one attached hydrogen (secondary N) is 1. The molecule has 0 saturated carbocycles. The molecule has 2 aromatic rings. The lowest BCUT2D eigenvalue weighted by Gasteiger charge is -2.02. The first-order chi connectivity index (χ1) is 10.8. The molecule has 2 aromatic carbocycles. The van der Waals surface area contributed by atoms with Crippen molar-refractivity contribution < 1.29 is 13.3 Å². The van der Waals surface area contributed by atoms with E-state index in [1.807, 2.05) is 0 Å². The highest BCUT2D eigenvalue weighted by Gasteiger charge is 2.11. The van der Waals surface area contributed by atoms with Crippen molar-refractivity contribution in [1.29, 1.82) is 0 Å². The van der Waals surface area contributed by atoms with E-state index in [1.165, 1.54) is 36.5 Å². The molecule has 0 radical (unpaired) electrons. The molecule has 0 unspecified atom stereocenters. The Bertz CT molecular complexity index is 866. The number of nitrogens with two attached hydrogens (primary N) is 1. The second-order valence-electron chi connectivity index (χ2n) is 4.41. The Morgan fingerprint density at radius 2 is 1.87 bits per heavy atom. The van der Waals surface area contributed by atoms with E-state index in [0.29, 0.717) is 15.7 Å². The molecule has 3 N–H and O–H groups in total. The van der Waals surface area contributed by atoms with Gasteiger partial charge in [-0.05, 0) is 46.3 Å². The van der Waals surface area contributed by atoms with Gasteiger partial charge in [-0.3, -0.25) is 15.5 Å². The summed E-state index contributed by atoms with van der Waals surface area (Å²) < 4.78 is 22.6. The molecule has 0 fully saturated rings. The minimum atomic E-state index is -3.73. The number of nitro groups is 1. The van der Waals surface area contributed by atoms with Gasteiger partial charge in [-0.1, -0.05) is 6.07 Å². The molecule has 0 amide bonds. The largest absolute Gasteiger partial charge is 0.284 e. The number of primary sulfonamides is 1. The number of anilines is 1. The number of halogens is 1. The molecule has 10 heteroatoms. The van der Waals surface area contributed by atoms with Crippen molar-refractivity contribution in [3.63, 3.8) is 0 Å². The molecular formula is C13H11BrN4O4S. The molecule has 0 spiro atoms. The smallest absolute Gasteiger partial charge is 0.279 e. The van der Waals surface area contributed by atoms with Crippen LogP contribution in [0, 0.1) is 10.1 Å². The van der Waals surface area contributed by atoms with Gasteiger partial charge in [0.05, 0.1) is 26.2 Å². The third-order valence-electron chi connectivity index (χ3n) is 2.76. The average molecular weight is 399 g/mol. The van der Waals surface area contributed by atoms with Gasteiger partial charge >= 0.3 is 0 Å². The minimum absolute atomic E-state index is 0.00411. The second kappa shape index (κ2) is 6.86. The van der Waals surface area contributed by atoms with E-state index in [4.69, 9.17) is 5.14 Å². The number of hydrazone groups is 1. The maximum Gasteiger partial charge on any atom is 0.284 e. The summed E-state index contributed by atoms with van der Waals surface area (Å²) in [5.41, 5.74) is 3.70. The van der Waals surface area contributed by atoms with Crippen molar-refractivity contribution in [2.45, 2.75) is 4.90 Å². The molecule has 0 bridgehead atoms. The van der Waals surface area contributed by atoms with Gasteiger partial charge in [-0.15, -0.1) is 0 Å². The molecular weight excluding hydrogens is 388 g/mol. The predicted molar refractivity (Wildman–Crippen MR) is 89.8 cm³/mol. The first-order valence-corrected chi connectivity index (χ1v) is 8.47. The van der Waals surface area contributed by atoms with Crippen LogP contribution in [-0.2, 0) is 10.0 Å². The van der Waals surface area contributed by atoms with E-state index in [0.717, 1.165) is 0 Å². The van der Waals surface area contributed by atoms with Crippen LogP contribution in [0.4, 0.5) is 11.4 Å². The zero-order valence-electron chi connectivity index (χ0n) is 11.5. The lowest BCUT2D eigenvalue weighted by Crippen LogP contribution is -2.11. The molecule has 0 saturated heterocycles. The topological polar surface area (TPSA) is 128 Å². The van der Waals surface area contributed by atoms with Crippen LogP contribution < -0.4 is 10.6 Å². The minimum Gasteiger partial charge on any atom is -0.279 e. The van der Waals surface area contributed by atoms with Crippen molar-refractivity contribution >= 4 is 43.5 Å². The van der Waals surface area contributed by atoms with Crippen LogP contribution in [-0.4, -0.2) is 19.6 Å². The molecule has 0 aliphatic rings. The summed E-state index contributed by atoms with van der Waals surface area (Å²) in [7, 11) is -3.73. The van der Waals surface area contributed by atoms with E-state index >= 15 is 0 Å². The van der Waals surface area contributed by atoms with Crippen molar-refractivity contribution in [2.24, 2.45) is 10.2 Å². The lowest BCUT2D eigenvalue weighted by molar-refractivity contribution is -0.385. The second-order valence-corrected chi connectivity index (χ2v) is 6.82. The molecule has 0 aliphatic heterocycles. The molecule has 2 rings (SSSR count). The Morgan fingerprint density at radius 1 is 1.22 bits per heavy atom. The van der Waals surface area contributed by atoms with Gasteiger partial charge in [0.2, 0.25) is 10.0 Å². The quantitative estimate of drug-likeness (QED) is 0.454. The summed E-state index contributed by atoms with van der Waals surface area (Å²) in [6, 6.07) is 10.3. The summed E-state index contributed by atoms with van der Waals surface area (Å²) in [6.45, 7) is 0. The molecule has 0 aromatic heterocycles. The van der Waals surface area contributed by atoms with Crippen LogP contribution in [0.2, 0.25) is 0 Å². The van der Waals surface area contributed by atoms with Crippen LogP contribution in [0.3, 0.4) is 0 Å². The normalized spacial score (nSPS) is 11.6. The van der Waals surface area contributed by atoms with Crippen LogP contribution >= 0.6 is 15.9 Å². The predicted octanol–water partition coefficient (Wildman–Crippen LogP) is 2.45. The molecule has 0 aliphatic carbocycles. The monoisotopic (exact) mass is 398 g/mol. The number of nitrogens with zero attached hydrogens (tertiary/aromatic N) is 2. The zero-order chi connectivity index (χ0) is 17.0. The summed E-state index contributed by atoms with van der Waals surface area (Å²) in [6.07, 6.45) is 1.41. The summed E-state index contributed by atoms with van der Waals surface area (Å²) in [5, 5.41) is 19.8. The Balaban J connectivity index is 2.10. The Morgan fingerprint density at radius 3 is 2.43 bits per heavy atom. The van der Waals surface area contributed by atoms with Gasteiger partial charge in [0.1, 0.15) is 0 Å². The summed E-state index contributed by atoms with van der Waals surface area (Å²) in [5.74, 6) is 0. The van der Waals surface area contributed by atoms with E-state index in [-0.39, 0.29) is 10.6 Å². The fourth-order valence-electron chi connectivity index (χ4n) is 1.65. The van der Waals surface area contributed by atoms with Crippen LogP contribution in [0.25, 0.3) is 0 Å². The number of hydrogen-bond acceptors (Lipinski definition) is 6.